The molecule has 0 saturated carbocycles. The summed E-state index contributed by atoms with van der Waals surface area (Å²) in [7, 11) is 0. The summed E-state index contributed by atoms with van der Waals surface area (Å²) in [5.41, 5.74) is 0.938. The van der Waals surface area contributed by atoms with Gasteiger partial charge < -0.3 is 5.11 Å². The molecule has 0 amide bonds. The van der Waals surface area contributed by atoms with E-state index in [4.69, 9.17) is 5.11 Å². The molecule has 0 bridgehead atoms. The number of aromatic nitrogens is 2. The van der Waals surface area contributed by atoms with E-state index in [1.165, 1.54) is 4.88 Å². The predicted octanol–water partition coefficient (Wildman–Crippen LogP) is 2.02. The van der Waals surface area contributed by atoms with Crippen LogP contribution < -0.4 is 0 Å². The Morgan fingerprint density at radius 1 is 1.37 bits per heavy atom. The van der Waals surface area contributed by atoms with Gasteiger partial charge in [0.05, 0.1) is 5.69 Å². The Kier molecular flexibility index (Phi) is 3.87. The second-order valence-electron chi connectivity index (χ2n) is 4.92. The third-order valence-electron chi connectivity index (χ3n) is 3.45. The SMILES string of the molecule is OCC1CCN(Cc2cnc(-c3ccccn3)s2)C1. The summed E-state index contributed by atoms with van der Waals surface area (Å²) >= 11 is 1.70. The van der Waals surface area contributed by atoms with Crippen molar-refractivity contribution >= 4 is 11.3 Å². The minimum atomic E-state index is 0.304. The molecule has 0 radical (unpaired) electrons. The van der Waals surface area contributed by atoms with E-state index in [0.29, 0.717) is 12.5 Å². The average molecular weight is 275 g/mol. The van der Waals surface area contributed by atoms with E-state index in [1.54, 1.807) is 17.5 Å². The monoisotopic (exact) mass is 275 g/mol. The zero-order valence-corrected chi connectivity index (χ0v) is 11.5. The molecule has 3 rings (SSSR count). The van der Waals surface area contributed by atoms with Gasteiger partial charge in [0.15, 0.2) is 0 Å². The molecular formula is C14H17N3OS. The van der Waals surface area contributed by atoms with Crippen molar-refractivity contribution in [2.75, 3.05) is 19.7 Å². The van der Waals surface area contributed by atoms with E-state index in [1.807, 2.05) is 24.4 Å². The molecule has 1 atom stereocenters. The quantitative estimate of drug-likeness (QED) is 0.927. The minimum absolute atomic E-state index is 0.304. The lowest BCUT2D eigenvalue weighted by Gasteiger charge is -2.13. The van der Waals surface area contributed by atoms with Crippen LogP contribution in [0.25, 0.3) is 10.7 Å². The number of hydrogen-bond acceptors (Lipinski definition) is 5. The van der Waals surface area contributed by atoms with E-state index in [0.717, 1.165) is 36.8 Å². The van der Waals surface area contributed by atoms with E-state index >= 15 is 0 Å². The Labute approximate surface area is 116 Å². The molecule has 2 aromatic rings. The number of likely N-dealkylation sites (tertiary alicyclic amines) is 1. The molecule has 1 aliphatic heterocycles. The van der Waals surface area contributed by atoms with Crippen LogP contribution in [0.5, 0.6) is 0 Å². The number of nitrogens with zero attached hydrogens (tertiary/aromatic N) is 3. The number of aliphatic hydroxyl groups is 1. The fourth-order valence-electron chi connectivity index (χ4n) is 2.41. The number of rotatable bonds is 4. The van der Waals surface area contributed by atoms with Crippen LogP contribution in [0.2, 0.25) is 0 Å². The molecule has 5 heteroatoms. The van der Waals surface area contributed by atoms with Gasteiger partial charge in [-0.05, 0) is 31.0 Å². The van der Waals surface area contributed by atoms with Gasteiger partial charge in [-0.3, -0.25) is 9.88 Å². The van der Waals surface area contributed by atoms with Gasteiger partial charge in [-0.15, -0.1) is 11.3 Å². The smallest absolute Gasteiger partial charge is 0.142 e. The molecule has 1 aliphatic rings. The van der Waals surface area contributed by atoms with E-state index < -0.39 is 0 Å². The van der Waals surface area contributed by atoms with Crippen molar-refractivity contribution < 1.29 is 5.11 Å². The highest BCUT2D eigenvalue weighted by Gasteiger charge is 2.22. The zero-order chi connectivity index (χ0) is 13.1. The van der Waals surface area contributed by atoms with Crippen LogP contribution in [-0.2, 0) is 6.54 Å². The molecule has 0 aromatic carbocycles. The van der Waals surface area contributed by atoms with E-state index in [-0.39, 0.29) is 0 Å². The highest BCUT2D eigenvalue weighted by atomic mass is 32.1. The largest absolute Gasteiger partial charge is 0.396 e. The van der Waals surface area contributed by atoms with Crippen molar-refractivity contribution in [3.05, 3.63) is 35.5 Å². The Bertz CT molecular complexity index is 528. The number of pyridine rings is 1. The first kappa shape index (κ1) is 12.7. The maximum Gasteiger partial charge on any atom is 0.142 e. The van der Waals surface area contributed by atoms with Gasteiger partial charge in [0.25, 0.3) is 0 Å². The first-order valence-electron chi connectivity index (χ1n) is 6.54. The highest BCUT2D eigenvalue weighted by Crippen LogP contribution is 2.26. The molecule has 3 heterocycles. The van der Waals surface area contributed by atoms with Crippen LogP contribution in [0.1, 0.15) is 11.3 Å². The van der Waals surface area contributed by atoms with Crippen LogP contribution in [0, 0.1) is 5.92 Å². The Hall–Kier alpha value is -1.30. The van der Waals surface area contributed by atoms with Crippen molar-refractivity contribution in [2.45, 2.75) is 13.0 Å². The highest BCUT2D eigenvalue weighted by molar-refractivity contribution is 7.14. The molecular weight excluding hydrogens is 258 g/mol. The van der Waals surface area contributed by atoms with Gasteiger partial charge in [-0.25, -0.2) is 4.98 Å². The van der Waals surface area contributed by atoms with E-state index in [9.17, 15) is 0 Å². The Morgan fingerprint density at radius 3 is 3.05 bits per heavy atom. The maximum absolute atomic E-state index is 9.16. The molecule has 1 N–H and O–H groups in total. The number of aliphatic hydroxyl groups excluding tert-OH is 1. The van der Waals surface area contributed by atoms with Crippen molar-refractivity contribution in [3.8, 4) is 10.7 Å². The summed E-state index contributed by atoms with van der Waals surface area (Å²) in [4.78, 5) is 12.4. The molecule has 0 aliphatic carbocycles. The topological polar surface area (TPSA) is 49.2 Å². The van der Waals surface area contributed by atoms with Crippen molar-refractivity contribution in [2.24, 2.45) is 5.92 Å². The maximum atomic E-state index is 9.16. The summed E-state index contributed by atoms with van der Waals surface area (Å²) in [6.45, 7) is 3.30. The predicted molar refractivity (Wildman–Crippen MR) is 75.8 cm³/mol. The normalized spacial score (nSPS) is 19.9. The van der Waals surface area contributed by atoms with Gasteiger partial charge >= 0.3 is 0 Å². The van der Waals surface area contributed by atoms with Gasteiger partial charge in [0, 0.05) is 37.0 Å². The minimum Gasteiger partial charge on any atom is -0.396 e. The first-order valence-corrected chi connectivity index (χ1v) is 7.36. The molecule has 100 valence electrons. The molecule has 1 fully saturated rings. The third-order valence-corrected chi connectivity index (χ3v) is 4.45. The molecule has 1 saturated heterocycles. The molecule has 2 aromatic heterocycles. The summed E-state index contributed by atoms with van der Waals surface area (Å²) < 4.78 is 0. The van der Waals surface area contributed by atoms with Crippen molar-refractivity contribution in [3.63, 3.8) is 0 Å². The van der Waals surface area contributed by atoms with Crippen LogP contribution in [0.4, 0.5) is 0 Å². The molecule has 1 unspecified atom stereocenters. The summed E-state index contributed by atoms with van der Waals surface area (Å²) in [5, 5.41) is 10.1. The summed E-state index contributed by atoms with van der Waals surface area (Å²) in [6.07, 6.45) is 4.84. The van der Waals surface area contributed by atoms with Gasteiger partial charge in [-0.2, -0.15) is 0 Å². The van der Waals surface area contributed by atoms with Crippen LogP contribution in [0.15, 0.2) is 30.6 Å². The zero-order valence-electron chi connectivity index (χ0n) is 10.7. The van der Waals surface area contributed by atoms with Gasteiger partial charge in [0.2, 0.25) is 0 Å². The standard InChI is InChI=1S/C14H17N3OS/c18-10-11-4-6-17(8-11)9-12-7-16-14(19-12)13-3-1-2-5-15-13/h1-3,5,7,11,18H,4,6,8-10H2. The second-order valence-corrected chi connectivity index (χ2v) is 6.03. The van der Waals surface area contributed by atoms with Gasteiger partial charge in [0.1, 0.15) is 5.01 Å². The van der Waals surface area contributed by atoms with Crippen molar-refractivity contribution in [1.82, 2.24) is 14.9 Å². The molecule has 0 spiro atoms. The average Bonchev–Trinajstić information content (AvgIpc) is 3.09. The number of hydrogen-bond donors (Lipinski definition) is 1. The second kappa shape index (κ2) is 5.77. The lowest BCUT2D eigenvalue weighted by Crippen LogP contribution is -2.20. The van der Waals surface area contributed by atoms with Crippen LogP contribution in [-0.4, -0.2) is 39.7 Å². The lowest BCUT2D eigenvalue weighted by atomic mass is 10.1. The Balaban J connectivity index is 1.66. The van der Waals surface area contributed by atoms with Gasteiger partial charge in [-0.1, -0.05) is 6.07 Å². The molecule has 19 heavy (non-hydrogen) atoms. The first-order chi connectivity index (χ1) is 9.35. The van der Waals surface area contributed by atoms with Crippen LogP contribution >= 0.6 is 11.3 Å². The fourth-order valence-corrected chi connectivity index (χ4v) is 3.35. The summed E-state index contributed by atoms with van der Waals surface area (Å²) in [5.74, 6) is 0.447. The van der Waals surface area contributed by atoms with Crippen molar-refractivity contribution in [1.29, 1.82) is 0 Å². The third kappa shape index (κ3) is 3.00. The molecule has 4 nitrogen and oxygen atoms in total. The van der Waals surface area contributed by atoms with E-state index in [2.05, 4.69) is 14.9 Å². The lowest BCUT2D eigenvalue weighted by molar-refractivity contribution is 0.220. The summed E-state index contributed by atoms with van der Waals surface area (Å²) in [6, 6.07) is 5.88. The Morgan fingerprint density at radius 2 is 2.32 bits per heavy atom. The number of thiazole rings is 1. The van der Waals surface area contributed by atoms with Crippen LogP contribution in [0.3, 0.4) is 0 Å². The fraction of sp³-hybridized carbons (Fsp3) is 0.429.